The third kappa shape index (κ3) is 4.97. The highest BCUT2D eigenvalue weighted by molar-refractivity contribution is 5.96. The number of ether oxygens (including phenoxy) is 1. The Morgan fingerprint density at radius 1 is 0.906 bits per heavy atom. The molecule has 0 aliphatic heterocycles. The van der Waals surface area contributed by atoms with Crippen molar-refractivity contribution in [1.82, 2.24) is 9.97 Å². The molecule has 32 heavy (non-hydrogen) atoms. The quantitative estimate of drug-likeness (QED) is 0.149. The van der Waals surface area contributed by atoms with Gasteiger partial charge in [0.25, 0.3) is 0 Å². The highest BCUT2D eigenvalue weighted by atomic mass is 16.5. The van der Waals surface area contributed by atoms with Gasteiger partial charge in [-0.05, 0) is 54.4 Å². The fourth-order valence-electron chi connectivity index (χ4n) is 2.90. The van der Waals surface area contributed by atoms with Crippen molar-refractivity contribution in [3.8, 4) is 0 Å². The van der Waals surface area contributed by atoms with Crippen molar-refractivity contribution in [2.24, 2.45) is 10.2 Å². The highest BCUT2D eigenvalue weighted by Gasteiger charge is 2.10. The van der Waals surface area contributed by atoms with Crippen LogP contribution in [-0.2, 0) is 4.74 Å². The second-order valence-electron chi connectivity index (χ2n) is 6.31. The van der Waals surface area contributed by atoms with Crippen molar-refractivity contribution in [1.29, 1.82) is 0 Å². The lowest BCUT2D eigenvalue weighted by atomic mass is 10.2. The number of esters is 1. The number of fused-ring (bicyclic) bond motifs is 2. The maximum atomic E-state index is 11.5. The second-order valence-corrected chi connectivity index (χ2v) is 6.31. The van der Waals surface area contributed by atoms with E-state index in [1.807, 2.05) is 0 Å². The van der Waals surface area contributed by atoms with Crippen LogP contribution in [0.25, 0.3) is 42.7 Å². The molecule has 0 atom stereocenters. The number of aromatic nitrogens is 2. The minimum Gasteiger partial charge on any atom is -0.477 e. The molecule has 0 radical (unpaired) electrons. The molecule has 0 saturated carbocycles. The van der Waals surface area contributed by atoms with Gasteiger partial charge < -0.3 is 19.8 Å². The number of hydrogen-bond acceptors (Lipinski definition) is 5. The first-order valence-corrected chi connectivity index (χ1v) is 9.21. The van der Waals surface area contributed by atoms with Gasteiger partial charge in [-0.15, -0.1) is 0 Å². The average molecular weight is 432 g/mol. The first-order valence-electron chi connectivity index (χ1n) is 9.21. The maximum Gasteiger partial charge on any atom is 0.354 e. The Kier molecular flexibility index (Phi) is 6.62. The van der Waals surface area contributed by atoms with Crippen LogP contribution in [-0.4, -0.2) is 33.6 Å². The molecule has 0 fully saturated rings. The summed E-state index contributed by atoms with van der Waals surface area (Å²) in [6, 6.07) is 13.2. The molecule has 160 valence electrons. The van der Waals surface area contributed by atoms with E-state index < -0.39 is 11.9 Å². The van der Waals surface area contributed by atoms with Crippen LogP contribution >= 0.6 is 0 Å². The van der Waals surface area contributed by atoms with Crippen molar-refractivity contribution in [2.45, 2.75) is 6.92 Å². The largest absolute Gasteiger partial charge is 0.477 e. The third-order valence-corrected chi connectivity index (χ3v) is 4.25. The summed E-state index contributed by atoms with van der Waals surface area (Å²) in [6.45, 7) is 2.08. The van der Waals surface area contributed by atoms with E-state index in [2.05, 4.69) is 30.0 Å². The zero-order valence-corrected chi connectivity index (χ0v) is 16.7. The minimum atomic E-state index is -1.02. The minimum absolute atomic E-state index is 0.114. The summed E-state index contributed by atoms with van der Waals surface area (Å²) in [7, 11) is 0. The van der Waals surface area contributed by atoms with Gasteiger partial charge in [-0.3, -0.25) is 0 Å². The molecule has 2 aromatic heterocycles. The standard InChI is InChI=1S/C11H10N4O2.C9H6N4O2/c1-2-17-11(16)10-6-7-5-8(14-15-12)3-4-9(7)13-10;10-13-12-6-1-2-7-5(3-6)4-8(11-7)9(14)15/h3-6,13H,2H2,1H3;1-4,11H,(H,14,15). The first-order chi connectivity index (χ1) is 15.4. The number of nitrogens with one attached hydrogen (secondary N) is 2. The molecule has 0 saturated heterocycles. The predicted molar refractivity (Wildman–Crippen MR) is 117 cm³/mol. The SMILES string of the molecule is CCOC(=O)c1cc2cc(N=[N+]=[N-])ccc2[nH]1.[N-]=[N+]=Nc1ccc2[nH]c(C(=O)O)cc2c1. The molecule has 0 amide bonds. The Morgan fingerprint density at radius 2 is 1.41 bits per heavy atom. The van der Waals surface area contributed by atoms with Gasteiger partial charge in [0.1, 0.15) is 11.4 Å². The molecule has 0 spiro atoms. The zero-order valence-electron chi connectivity index (χ0n) is 16.7. The molecule has 0 unspecified atom stereocenters. The predicted octanol–water partition coefficient (Wildman–Crippen LogP) is 6.09. The number of rotatable bonds is 5. The van der Waals surface area contributed by atoms with Crippen LogP contribution in [0.1, 0.15) is 27.9 Å². The maximum absolute atomic E-state index is 11.5. The Hall–Kier alpha value is -4.92. The molecule has 4 rings (SSSR count). The molecule has 2 aromatic carbocycles. The van der Waals surface area contributed by atoms with Crippen molar-refractivity contribution < 1.29 is 19.4 Å². The lowest BCUT2D eigenvalue weighted by molar-refractivity contribution is 0.0520. The summed E-state index contributed by atoms with van der Waals surface area (Å²) in [6.07, 6.45) is 0. The van der Waals surface area contributed by atoms with Gasteiger partial charge in [-0.2, -0.15) is 0 Å². The van der Waals surface area contributed by atoms with E-state index in [1.165, 1.54) is 6.07 Å². The number of carbonyl (C=O) groups excluding carboxylic acids is 1. The molecule has 12 heteroatoms. The van der Waals surface area contributed by atoms with E-state index in [4.69, 9.17) is 20.9 Å². The summed E-state index contributed by atoms with van der Waals surface area (Å²) in [5, 5.41) is 17.2. The Morgan fingerprint density at radius 3 is 1.88 bits per heavy atom. The summed E-state index contributed by atoms with van der Waals surface area (Å²) in [5.74, 6) is -1.41. The summed E-state index contributed by atoms with van der Waals surface area (Å²) in [4.78, 5) is 33.2. The van der Waals surface area contributed by atoms with Gasteiger partial charge >= 0.3 is 11.9 Å². The monoisotopic (exact) mass is 432 g/mol. The number of aromatic amines is 2. The van der Waals surface area contributed by atoms with Crippen LogP contribution < -0.4 is 0 Å². The molecule has 3 N–H and O–H groups in total. The average Bonchev–Trinajstić information content (AvgIpc) is 3.38. The van der Waals surface area contributed by atoms with E-state index >= 15 is 0 Å². The molecule has 0 bridgehead atoms. The number of azide groups is 2. The Balaban J connectivity index is 0.000000182. The zero-order chi connectivity index (χ0) is 23.1. The molecule has 0 aliphatic carbocycles. The lowest BCUT2D eigenvalue weighted by Crippen LogP contribution is -2.04. The van der Waals surface area contributed by atoms with Crippen molar-refractivity contribution >= 4 is 45.1 Å². The number of carbonyl (C=O) groups is 2. The van der Waals surface area contributed by atoms with Gasteiger partial charge in [0, 0.05) is 43.0 Å². The lowest BCUT2D eigenvalue weighted by Gasteiger charge is -1.96. The van der Waals surface area contributed by atoms with E-state index in [1.54, 1.807) is 49.4 Å². The van der Waals surface area contributed by atoms with Crippen LogP contribution in [0, 0.1) is 0 Å². The van der Waals surface area contributed by atoms with Crippen molar-refractivity contribution in [3.05, 3.63) is 80.8 Å². The topological polar surface area (TPSA) is 193 Å². The van der Waals surface area contributed by atoms with Crippen LogP contribution in [0.5, 0.6) is 0 Å². The number of benzene rings is 2. The normalized spacial score (nSPS) is 9.91. The number of aromatic carboxylic acids is 1. The van der Waals surface area contributed by atoms with E-state index in [-0.39, 0.29) is 5.69 Å². The van der Waals surface area contributed by atoms with Gasteiger partial charge in [0.05, 0.1) is 6.61 Å². The van der Waals surface area contributed by atoms with Gasteiger partial charge in [0.15, 0.2) is 0 Å². The highest BCUT2D eigenvalue weighted by Crippen LogP contribution is 2.23. The molecule has 2 heterocycles. The smallest absolute Gasteiger partial charge is 0.354 e. The van der Waals surface area contributed by atoms with Crippen LogP contribution in [0.4, 0.5) is 11.4 Å². The number of carboxylic acid groups (broad SMARTS) is 1. The van der Waals surface area contributed by atoms with Gasteiger partial charge in [-0.1, -0.05) is 22.4 Å². The van der Waals surface area contributed by atoms with Crippen LogP contribution in [0.2, 0.25) is 0 Å². The summed E-state index contributed by atoms with van der Waals surface area (Å²) >= 11 is 0. The number of H-pyrrole nitrogens is 2. The van der Waals surface area contributed by atoms with Crippen molar-refractivity contribution in [3.63, 3.8) is 0 Å². The molecule has 12 nitrogen and oxygen atoms in total. The second kappa shape index (κ2) is 9.72. The van der Waals surface area contributed by atoms with Gasteiger partial charge in [-0.25, -0.2) is 9.59 Å². The number of nitrogens with zero attached hydrogens (tertiary/aromatic N) is 6. The fraction of sp³-hybridized carbons (Fsp3) is 0.100. The molecular weight excluding hydrogens is 416 g/mol. The summed E-state index contributed by atoms with van der Waals surface area (Å²) in [5.41, 5.74) is 19.5. The van der Waals surface area contributed by atoms with E-state index in [9.17, 15) is 9.59 Å². The molecular formula is C20H16N8O4. The molecule has 0 aliphatic rings. The fourth-order valence-corrected chi connectivity index (χ4v) is 2.90. The van der Waals surface area contributed by atoms with E-state index in [0.29, 0.717) is 34.6 Å². The number of hydrogen-bond donors (Lipinski definition) is 3. The van der Waals surface area contributed by atoms with Crippen LogP contribution in [0.3, 0.4) is 0 Å². The number of carboxylic acids is 1. The Labute approximate surface area is 179 Å². The van der Waals surface area contributed by atoms with Crippen molar-refractivity contribution in [2.75, 3.05) is 6.61 Å². The van der Waals surface area contributed by atoms with E-state index in [0.717, 1.165) is 10.9 Å². The van der Waals surface area contributed by atoms with Crippen LogP contribution in [0.15, 0.2) is 58.8 Å². The third-order valence-electron chi connectivity index (χ3n) is 4.25. The first kappa shape index (κ1) is 21.8. The Bertz CT molecular complexity index is 1410. The molecule has 4 aromatic rings. The van der Waals surface area contributed by atoms with Gasteiger partial charge in [0.2, 0.25) is 0 Å². The summed E-state index contributed by atoms with van der Waals surface area (Å²) < 4.78 is 4.88.